The van der Waals surface area contributed by atoms with E-state index in [4.69, 9.17) is 5.11 Å². The second-order valence-corrected chi connectivity index (χ2v) is 3.91. The van der Waals surface area contributed by atoms with Gasteiger partial charge in [0.05, 0.1) is 0 Å². The summed E-state index contributed by atoms with van der Waals surface area (Å²) in [6, 6.07) is 3.93. The molecule has 3 nitrogen and oxygen atoms in total. The van der Waals surface area contributed by atoms with Gasteiger partial charge in [0.1, 0.15) is 12.4 Å². The Morgan fingerprint density at radius 1 is 1.10 bits per heavy atom. The molecule has 1 aromatic rings. The largest absolute Gasteiger partial charge is 0.458 e. The summed E-state index contributed by atoms with van der Waals surface area (Å²) in [4.78, 5) is 11.0. The molecule has 0 radical (unpaired) electrons. The van der Waals surface area contributed by atoms with E-state index in [1.165, 1.54) is 0 Å². The fraction of sp³-hybridized carbons (Fsp3) is 0.364. The van der Waals surface area contributed by atoms with E-state index < -0.39 is 36.3 Å². The topological polar surface area (TPSA) is 46.5 Å². The molecule has 0 aliphatic carbocycles. The second kappa shape index (κ2) is 5.51. The molecule has 0 heterocycles. The molecule has 0 unspecified atom stereocenters. The molecule has 10 heteroatoms. The van der Waals surface area contributed by atoms with Crippen molar-refractivity contribution in [2.75, 3.05) is 0 Å². The Balaban J connectivity index is 2.94. The Morgan fingerprint density at radius 3 is 2.05 bits per heavy atom. The Kier molecular flexibility index (Phi) is 4.51. The van der Waals surface area contributed by atoms with E-state index in [1.807, 2.05) is 0 Å². The number of carbonyl (C=O) groups excluding carboxylic acids is 1. The molecule has 0 aromatic heterocycles. The van der Waals surface area contributed by atoms with Crippen LogP contribution in [0.1, 0.15) is 5.56 Å². The van der Waals surface area contributed by atoms with Gasteiger partial charge in [-0.2, -0.15) is 26.3 Å². The summed E-state index contributed by atoms with van der Waals surface area (Å²) in [5.41, 5.74) is -5.83. The summed E-state index contributed by atoms with van der Waals surface area (Å²) in [5, 5.41) is 8.69. The normalized spacial score (nSPS) is 13.1. The molecule has 118 valence electrons. The van der Waals surface area contributed by atoms with Crippen LogP contribution in [-0.2, 0) is 16.1 Å². The highest BCUT2D eigenvalue weighted by Gasteiger charge is 2.76. The lowest BCUT2D eigenvalue weighted by molar-refractivity contribution is -0.357. The molecule has 0 fully saturated rings. The molecule has 0 atom stereocenters. The first-order valence-electron chi connectivity index (χ1n) is 5.17. The third kappa shape index (κ3) is 3.43. The molecule has 1 aromatic carbocycles. The van der Waals surface area contributed by atoms with Crippen LogP contribution in [-0.4, -0.2) is 29.0 Å². The van der Waals surface area contributed by atoms with E-state index in [0.29, 0.717) is 0 Å². The van der Waals surface area contributed by atoms with Gasteiger partial charge in [-0.15, -0.1) is 0 Å². The lowest BCUT2D eigenvalue weighted by Crippen LogP contribution is -2.62. The maximum atomic E-state index is 12.8. The van der Waals surface area contributed by atoms with Crippen molar-refractivity contribution in [1.29, 1.82) is 0 Å². The third-order valence-corrected chi connectivity index (χ3v) is 2.37. The fourth-order valence-corrected chi connectivity index (χ4v) is 1.27. The van der Waals surface area contributed by atoms with Gasteiger partial charge >= 0.3 is 23.9 Å². The summed E-state index contributed by atoms with van der Waals surface area (Å²) in [6.45, 7) is -1.06. The van der Waals surface area contributed by atoms with Crippen LogP contribution >= 0.6 is 0 Å². The lowest BCUT2D eigenvalue weighted by Gasteiger charge is -2.29. The minimum absolute atomic E-state index is 0.185. The first kappa shape index (κ1) is 17.2. The van der Waals surface area contributed by atoms with Crippen molar-refractivity contribution in [2.45, 2.75) is 24.6 Å². The number of hydrogen-bond donors (Lipinski definition) is 1. The summed E-state index contributed by atoms with van der Waals surface area (Å²) >= 11 is 0. The van der Waals surface area contributed by atoms with Gasteiger partial charge < -0.3 is 9.84 Å². The van der Waals surface area contributed by atoms with Crippen molar-refractivity contribution >= 4 is 5.97 Å². The average Bonchev–Trinajstić information content (AvgIpc) is 2.32. The number of halogens is 7. The monoisotopic (exact) mass is 320 g/mol. The predicted molar refractivity (Wildman–Crippen MR) is 53.3 cm³/mol. The van der Waals surface area contributed by atoms with Gasteiger partial charge in [-0.25, -0.2) is 9.18 Å². The Bertz CT molecular complexity index is 507. The van der Waals surface area contributed by atoms with Crippen LogP contribution in [0, 0.1) is 5.82 Å². The maximum absolute atomic E-state index is 12.8. The molecule has 21 heavy (non-hydrogen) atoms. The highest BCUT2D eigenvalue weighted by atomic mass is 19.4. The summed E-state index contributed by atoms with van der Waals surface area (Å²) in [7, 11) is 0. The molecular formula is C11H7F7O3. The van der Waals surface area contributed by atoms with Gasteiger partial charge in [0.2, 0.25) is 0 Å². The molecular weight excluding hydrogens is 313 g/mol. The van der Waals surface area contributed by atoms with Crippen LogP contribution in [0.2, 0.25) is 0 Å². The molecule has 0 spiro atoms. The zero-order chi connectivity index (χ0) is 16.5. The number of aliphatic hydroxyl groups is 1. The summed E-state index contributed by atoms with van der Waals surface area (Å²) in [6.07, 6.45) is -12.6. The number of ether oxygens (including phenoxy) is 1. The van der Waals surface area contributed by atoms with Gasteiger partial charge in [0, 0.05) is 0 Å². The van der Waals surface area contributed by atoms with E-state index in [0.717, 1.165) is 24.3 Å². The highest BCUT2D eigenvalue weighted by Crippen LogP contribution is 2.43. The fourth-order valence-electron chi connectivity index (χ4n) is 1.27. The first-order chi connectivity index (χ1) is 9.39. The zero-order valence-electron chi connectivity index (χ0n) is 9.93. The molecule has 0 bridgehead atoms. The minimum atomic E-state index is -6.32. The van der Waals surface area contributed by atoms with Crippen LogP contribution in [0.5, 0.6) is 0 Å². The molecule has 0 amide bonds. The van der Waals surface area contributed by atoms with Crippen molar-refractivity contribution in [3.05, 3.63) is 35.6 Å². The van der Waals surface area contributed by atoms with E-state index in [-0.39, 0.29) is 5.56 Å². The molecule has 0 aliphatic heterocycles. The van der Waals surface area contributed by atoms with Crippen LogP contribution in [0.15, 0.2) is 24.3 Å². The van der Waals surface area contributed by atoms with Crippen molar-refractivity contribution < 1.29 is 45.4 Å². The molecule has 1 rings (SSSR count). The van der Waals surface area contributed by atoms with Crippen LogP contribution in [0.3, 0.4) is 0 Å². The van der Waals surface area contributed by atoms with Gasteiger partial charge in [0.25, 0.3) is 0 Å². The maximum Gasteiger partial charge on any atom is 0.437 e. The zero-order valence-corrected chi connectivity index (χ0v) is 9.93. The van der Waals surface area contributed by atoms with Crippen LogP contribution in [0.25, 0.3) is 0 Å². The Morgan fingerprint density at radius 2 is 1.62 bits per heavy atom. The number of rotatable bonds is 3. The molecule has 0 aliphatic rings. The quantitative estimate of drug-likeness (QED) is 0.688. The minimum Gasteiger partial charge on any atom is -0.458 e. The smallest absolute Gasteiger partial charge is 0.437 e. The SMILES string of the molecule is O=C(OCc1cccc(F)c1)C(O)(C(F)(F)F)C(F)(F)F. The van der Waals surface area contributed by atoms with Crippen molar-refractivity contribution in [1.82, 2.24) is 0 Å². The summed E-state index contributed by atoms with van der Waals surface area (Å²) < 4.78 is 90.4. The van der Waals surface area contributed by atoms with Crippen molar-refractivity contribution in [2.24, 2.45) is 0 Å². The lowest BCUT2D eigenvalue weighted by atomic mass is 10.0. The van der Waals surface area contributed by atoms with E-state index >= 15 is 0 Å². The Labute approximate surface area is 112 Å². The van der Waals surface area contributed by atoms with Crippen molar-refractivity contribution in [3.63, 3.8) is 0 Å². The standard InChI is InChI=1S/C11H7F7O3/c12-7-3-1-2-6(4-7)5-21-8(19)9(20,10(13,14)15)11(16,17)18/h1-4,20H,5H2. The first-order valence-corrected chi connectivity index (χ1v) is 5.17. The van der Waals surface area contributed by atoms with Gasteiger partial charge in [0.15, 0.2) is 0 Å². The number of carbonyl (C=O) groups is 1. The number of alkyl halides is 6. The molecule has 1 N–H and O–H groups in total. The van der Waals surface area contributed by atoms with Gasteiger partial charge in [-0.05, 0) is 17.7 Å². The third-order valence-electron chi connectivity index (χ3n) is 2.37. The molecule has 0 saturated heterocycles. The van der Waals surface area contributed by atoms with E-state index in [9.17, 15) is 35.5 Å². The van der Waals surface area contributed by atoms with E-state index in [1.54, 1.807) is 0 Å². The van der Waals surface area contributed by atoms with Gasteiger partial charge in [-0.1, -0.05) is 12.1 Å². The Hall–Kier alpha value is -1.84. The van der Waals surface area contributed by atoms with E-state index in [2.05, 4.69) is 4.74 Å². The highest BCUT2D eigenvalue weighted by molar-refractivity contribution is 5.81. The number of esters is 1. The van der Waals surface area contributed by atoms with Crippen LogP contribution in [0.4, 0.5) is 30.7 Å². The average molecular weight is 320 g/mol. The second-order valence-electron chi connectivity index (χ2n) is 3.91. The summed E-state index contributed by atoms with van der Waals surface area (Å²) in [5.74, 6) is -3.77. The van der Waals surface area contributed by atoms with Crippen LogP contribution < -0.4 is 0 Å². The predicted octanol–water partition coefficient (Wildman–Crippen LogP) is 2.72. The van der Waals surface area contributed by atoms with Gasteiger partial charge in [-0.3, -0.25) is 0 Å². The number of hydrogen-bond acceptors (Lipinski definition) is 3. The number of benzene rings is 1. The molecule has 0 saturated carbocycles. The van der Waals surface area contributed by atoms with Crippen molar-refractivity contribution in [3.8, 4) is 0 Å².